The minimum absolute atomic E-state index is 0.918. The van der Waals surface area contributed by atoms with E-state index in [-0.39, 0.29) is 0 Å². The first-order chi connectivity index (χ1) is 10.2. The van der Waals surface area contributed by atoms with Crippen LogP contribution in [0, 0.1) is 13.8 Å². The van der Waals surface area contributed by atoms with Gasteiger partial charge in [0.25, 0.3) is 0 Å². The molecule has 21 heavy (non-hydrogen) atoms. The van der Waals surface area contributed by atoms with E-state index in [4.69, 9.17) is 0 Å². The van der Waals surface area contributed by atoms with Crippen molar-refractivity contribution in [3.63, 3.8) is 0 Å². The second-order valence-corrected chi connectivity index (χ2v) is 7.43. The van der Waals surface area contributed by atoms with Crippen LogP contribution >= 0.6 is 11.3 Å². The van der Waals surface area contributed by atoms with Crippen molar-refractivity contribution < 1.29 is 0 Å². The molecule has 1 aliphatic rings. The van der Waals surface area contributed by atoms with E-state index < -0.39 is 0 Å². The van der Waals surface area contributed by atoms with E-state index in [1.165, 1.54) is 52.5 Å². The molecule has 1 aliphatic heterocycles. The molecule has 0 bridgehead atoms. The Hall–Kier alpha value is -1.32. The minimum Gasteiger partial charge on any atom is -0.381 e. The topological polar surface area (TPSA) is 15.3 Å². The van der Waals surface area contributed by atoms with Gasteiger partial charge >= 0.3 is 0 Å². The molecule has 0 aliphatic carbocycles. The van der Waals surface area contributed by atoms with Crippen LogP contribution in [-0.2, 0) is 13.1 Å². The maximum atomic E-state index is 3.53. The summed E-state index contributed by atoms with van der Waals surface area (Å²) in [5.41, 5.74) is 4.05. The van der Waals surface area contributed by atoms with Gasteiger partial charge in [0.1, 0.15) is 0 Å². The summed E-state index contributed by atoms with van der Waals surface area (Å²) in [6.07, 6.45) is 2.72. The summed E-state index contributed by atoms with van der Waals surface area (Å²) in [5.74, 6) is 0. The molecule has 2 heterocycles. The number of likely N-dealkylation sites (tertiary alicyclic amines) is 1. The number of hydrogen-bond donors (Lipinski definition) is 1. The number of nitrogens with one attached hydrogen (secondary N) is 1. The molecule has 3 rings (SSSR count). The SMILES string of the molecule is Cc1cc(CNc2ccc(CN3CCCC3)cc2)c(C)s1. The van der Waals surface area contributed by atoms with Gasteiger partial charge in [0.15, 0.2) is 0 Å². The summed E-state index contributed by atoms with van der Waals surface area (Å²) in [6, 6.07) is 11.2. The van der Waals surface area contributed by atoms with Crippen molar-refractivity contribution >= 4 is 17.0 Å². The van der Waals surface area contributed by atoms with Crippen LogP contribution < -0.4 is 5.32 Å². The van der Waals surface area contributed by atoms with Crippen LogP contribution in [0.4, 0.5) is 5.69 Å². The van der Waals surface area contributed by atoms with E-state index in [1.807, 2.05) is 11.3 Å². The third-order valence-corrected chi connectivity index (χ3v) is 5.19. The Labute approximate surface area is 131 Å². The average molecular weight is 300 g/mol. The van der Waals surface area contributed by atoms with E-state index in [0.717, 1.165) is 13.1 Å². The summed E-state index contributed by atoms with van der Waals surface area (Å²) in [7, 11) is 0. The molecule has 1 fully saturated rings. The summed E-state index contributed by atoms with van der Waals surface area (Å²) in [6.45, 7) is 8.92. The fraction of sp³-hybridized carbons (Fsp3) is 0.444. The number of thiophene rings is 1. The fourth-order valence-corrected chi connectivity index (χ4v) is 3.93. The van der Waals surface area contributed by atoms with E-state index in [2.05, 4.69) is 54.4 Å². The molecule has 0 saturated carbocycles. The first-order valence-electron chi connectivity index (χ1n) is 7.82. The highest BCUT2D eigenvalue weighted by Gasteiger charge is 2.11. The molecule has 1 aromatic carbocycles. The highest BCUT2D eigenvalue weighted by Crippen LogP contribution is 2.22. The number of benzene rings is 1. The van der Waals surface area contributed by atoms with E-state index in [0.29, 0.717) is 0 Å². The van der Waals surface area contributed by atoms with Gasteiger partial charge in [-0.3, -0.25) is 4.90 Å². The average Bonchev–Trinajstić information content (AvgIpc) is 3.08. The Morgan fingerprint density at radius 1 is 1.10 bits per heavy atom. The third-order valence-electron chi connectivity index (χ3n) is 4.19. The molecule has 3 heteroatoms. The van der Waals surface area contributed by atoms with Gasteiger partial charge in [-0.15, -0.1) is 11.3 Å². The predicted molar refractivity (Wildman–Crippen MR) is 92.1 cm³/mol. The Kier molecular flexibility index (Phi) is 4.61. The van der Waals surface area contributed by atoms with Gasteiger partial charge in [-0.05, 0) is 69.1 Å². The van der Waals surface area contributed by atoms with Crippen molar-refractivity contribution in [3.8, 4) is 0 Å². The van der Waals surface area contributed by atoms with Crippen LogP contribution in [0.15, 0.2) is 30.3 Å². The van der Waals surface area contributed by atoms with Gasteiger partial charge in [-0.25, -0.2) is 0 Å². The fourth-order valence-electron chi connectivity index (χ4n) is 2.98. The van der Waals surface area contributed by atoms with E-state index in [9.17, 15) is 0 Å². The lowest BCUT2D eigenvalue weighted by molar-refractivity contribution is 0.331. The van der Waals surface area contributed by atoms with Gasteiger partial charge in [-0.2, -0.15) is 0 Å². The quantitative estimate of drug-likeness (QED) is 0.870. The number of aryl methyl sites for hydroxylation is 2. The molecular weight excluding hydrogens is 276 g/mol. The predicted octanol–water partition coefficient (Wildman–Crippen LogP) is 4.57. The Morgan fingerprint density at radius 2 is 1.81 bits per heavy atom. The number of anilines is 1. The molecule has 1 aromatic heterocycles. The maximum Gasteiger partial charge on any atom is 0.0411 e. The van der Waals surface area contributed by atoms with Gasteiger partial charge in [0.05, 0.1) is 0 Å². The van der Waals surface area contributed by atoms with Crippen molar-refractivity contribution in [1.82, 2.24) is 4.90 Å². The van der Waals surface area contributed by atoms with Crippen LogP contribution in [0.25, 0.3) is 0 Å². The third kappa shape index (κ3) is 3.86. The standard InChI is InChI=1S/C18H24N2S/c1-14-11-17(15(2)21-14)12-19-18-7-5-16(6-8-18)13-20-9-3-4-10-20/h5-8,11,19H,3-4,9-10,12-13H2,1-2H3. The molecule has 0 spiro atoms. The summed E-state index contributed by atoms with van der Waals surface area (Å²) < 4.78 is 0. The Bertz CT molecular complexity index is 580. The molecule has 1 N–H and O–H groups in total. The normalized spacial score (nSPS) is 15.5. The van der Waals surface area contributed by atoms with Crippen LogP contribution in [0.5, 0.6) is 0 Å². The molecule has 2 nitrogen and oxygen atoms in total. The Morgan fingerprint density at radius 3 is 2.43 bits per heavy atom. The molecule has 2 aromatic rings. The van der Waals surface area contributed by atoms with Crippen molar-refractivity contribution in [2.24, 2.45) is 0 Å². The highest BCUT2D eigenvalue weighted by atomic mass is 32.1. The first-order valence-corrected chi connectivity index (χ1v) is 8.63. The zero-order valence-corrected chi connectivity index (χ0v) is 13.8. The molecule has 1 saturated heterocycles. The van der Waals surface area contributed by atoms with Gasteiger partial charge in [-0.1, -0.05) is 12.1 Å². The summed E-state index contributed by atoms with van der Waals surface area (Å²) >= 11 is 1.88. The van der Waals surface area contributed by atoms with Crippen LogP contribution in [-0.4, -0.2) is 18.0 Å². The highest BCUT2D eigenvalue weighted by molar-refractivity contribution is 7.12. The lowest BCUT2D eigenvalue weighted by Crippen LogP contribution is -2.18. The second kappa shape index (κ2) is 6.63. The lowest BCUT2D eigenvalue weighted by atomic mass is 10.2. The van der Waals surface area contributed by atoms with E-state index >= 15 is 0 Å². The van der Waals surface area contributed by atoms with Crippen molar-refractivity contribution in [1.29, 1.82) is 0 Å². The Balaban J connectivity index is 1.55. The van der Waals surface area contributed by atoms with Crippen LogP contribution in [0.3, 0.4) is 0 Å². The zero-order chi connectivity index (χ0) is 14.7. The molecule has 0 unspecified atom stereocenters. The number of rotatable bonds is 5. The zero-order valence-electron chi connectivity index (χ0n) is 13.0. The van der Waals surface area contributed by atoms with Gasteiger partial charge < -0.3 is 5.32 Å². The smallest absolute Gasteiger partial charge is 0.0411 e. The molecule has 112 valence electrons. The van der Waals surface area contributed by atoms with Crippen molar-refractivity contribution in [2.75, 3.05) is 18.4 Å². The monoisotopic (exact) mass is 300 g/mol. The van der Waals surface area contributed by atoms with Gasteiger partial charge in [0.2, 0.25) is 0 Å². The summed E-state index contributed by atoms with van der Waals surface area (Å²) in [4.78, 5) is 5.36. The number of hydrogen-bond acceptors (Lipinski definition) is 3. The molecular formula is C18H24N2S. The number of nitrogens with zero attached hydrogens (tertiary/aromatic N) is 1. The molecule has 0 radical (unpaired) electrons. The molecule has 0 amide bonds. The van der Waals surface area contributed by atoms with Crippen molar-refractivity contribution in [2.45, 2.75) is 39.8 Å². The van der Waals surface area contributed by atoms with Crippen LogP contribution in [0.1, 0.15) is 33.7 Å². The molecule has 0 atom stereocenters. The first kappa shape index (κ1) is 14.6. The lowest BCUT2D eigenvalue weighted by Gasteiger charge is -2.15. The van der Waals surface area contributed by atoms with Crippen LogP contribution in [0.2, 0.25) is 0 Å². The maximum absolute atomic E-state index is 3.53. The van der Waals surface area contributed by atoms with Gasteiger partial charge in [0, 0.05) is 28.5 Å². The summed E-state index contributed by atoms with van der Waals surface area (Å²) in [5, 5.41) is 3.53. The van der Waals surface area contributed by atoms with Crippen molar-refractivity contribution in [3.05, 3.63) is 51.2 Å². The van der Waals surface area contributed by atoms with E-state index in [1.54, 1.807) is 0 Å². The largest absolute Gasteiger partial charge is 0.381 e. The second-order valence-electron chi connectivity index (χ2n) is 5.97. The minimum atomic E-state index is 0.918.